The molecule has 0 aromatic carbocycles. The third kappa shape index (κ3) is 4.13. The van der Waals surface area contributed by atoms with Gasteiger partial charge < -0.3 is 10.1 Å². The van der Waals surface area contributed by atoms with Crippen LogP contribution in [0.2, 0.25) is 0 Å². The number of methoxy groups -OCH3 is 1. The average Bonchev–Trinajstić information content (AvgIpc) is 2.18. The molecule has 0 saturated carbocycles. The van der Waals surface area contributed by atoms with Crippen LogP contribution < -0.4 is 5.32 Å². The molecular formula is C10H13IN2O2. The van der Waals surface area contributed by atoms with Gasteiger partial charge in [-0.25, -0.2) is 0 Å². The summed E-state index contributed by atoms with van der Waals surface area (Å²) < 4.78 is 5.74. The van der Waals surface area contributed by atoms with Crippen molar-refractivity contribution in [2.45, 2.75) is 13.0 Å². The molecule has 1 heterocycles. The van der Waals surface area contributed by atoms with E-state index in [0.29, 0.717) is 12.2 Å². The number of pyridine rings is 1. The molecule has 1 aromatic rings. The zero-order valence-electron chi connectivity index (χ0n) is 8.66. The number of carbonyl (C=O) groups is 1. The lowest BCUT2D eigenvalue weighted by Crippen LogP contribution is -2.35. The van der Waals surface area contributed by atoms with Crippen LogP contribution in [-0.2, 0) is 4.74 Å². The van der Waals surface area contributed by atoms with Crippen LogP contribution in [0.25, 0.3) is 0 Å². The van der Waals surface area contributed by atoms with Gasteiger partial charge in [0.15, 0.2) is 0 Å². The monoisotopic (exact) mass is 320 g/mol. The number of rotatable bonds is 4. The van der Waals surface area contributed by atoms with Crippen LogP contribution in [0.4, 0.5) is 0 Å². The molecule has 5 heteroatoms. The van der Waals surface area contributed by atoms with Crippen molar-refractivity contribution < 1.29 is 9.53 Å². The molecule has 1 rings (SSSR count). The van der Waals surface area contributed by atoms with E-state index in [2.05, 4.69) is 32.9 Å². The van der Waals surface area contributed by atoms with E-state index in [9.17, 15) is 4.79 Å². The van der Waals surface area contributed by atoms with E-state index in [4.69, 9.17) is 4.74 Å². The summed E-state index contributed by atoms with van der Waals surface area (Å²) in [5.74, 6) is -0.0973. The second-order valence-corrected chi connectivity index (χ2v) is 4.30. The van der Waals surface area contributed by atoms with Gasteiger partial charge in [-0.15, -0.1) is 0 Å². The van der Waals surface area contributed by atoms with Gasteiger partial charge in [-0.2, -0.15) is 0 Å². The van der Waals surface area contributed by atoms with Crippen molar-refractivity contribution in [2.24, 2.45) is 0 Å². The summed E-state index contributed by atoms with van der Waals surface area (Å²) in [5.41, 5.74) is 0.623. The van der Waals surface area contributed by atoms with Gasteiger partial charge in [0.25, 0.3) is 5.91 Å². The molecule has 0 bridgehead atoms. The summed E-state index contributed by atoms with van der Waals surface area (Å²) in [4.78, 5) is 15.7. The highest BCUT2D eigenvalue weighted by Gasteiger charge is 2.09. The standard InChI is InChI=1S/C10H13IN2O2/c1-7(6-15-2)13-10(14)8-3-4-12-9(11)5-8/h3-5,7H,6H2,1-2H3,(H,13,14). The Balaban J connectivity index is 2.61. The number of aromatic nitrogens is 1. The Morgan fingerprint density at radius 1 is 1.73 bits per heavy atom. The maximum Gasteiger partial charge on any atom is 0.251 e. The molecule has 4 nitrogen and oxygen atoms in total. The van der Waals surface area contributed by atoms with Crippen molar-refractivity contribution in [3.8, 4) is 0 Å². The maximum atomic E-state index is 11.7. The molecule has 0 aliphatic carbocycles. The molecule has 0 saturated heterocycles. The van der Waals surface area contributed by atoms with Crippen molar-refractivity contribution in [1.29, 1.82) is 0 Å². The van der Waals surface area contributed by atoms with Crippen LogP contribution in [0.5, 0.6) is 0 Å². The Labute approximate surface area is 103 Å². The van der Waals surface area contributed by atoms with Gasteiger partial charge in [-0.05, 0) is 41.6 Å². The van der Waals surface area contributed by atoms with E-state index in [-0.39, 0.29) is 11.9 Å². The number of halogens is 1. The maximum absolute atomic E-state index is 11.7. The highest BCUT2D eigenvalue weighted by Crippen LogP contribution is 2.04. The Hall–Kier alpha value is -0.690. The highest BCUT2D eigenvalue weighted by molar-refractivity contribution is 14.1. The Kier molecular flexibility index (Phi) is 4.97. The molecule has 1 atom stereocenters. The third-order valence-corrected chi connectivity index (χ3v) is 2.37. The van der Waals surface area contributed by atoms with Crippen LogP contribution in [-0.4, -0.2) is 30.6 Å². The number of ether oxygens (including phenoxy) is 1. The molecule has 0 fully saturated rings. The van der Waals surface area contributed by atoms with Gasteiger partial charge in [0.1, 0.15) is 3.70 Å². The fourth-order valence-electron chi connectivity index (χ4n) is 1.14. The van der Waals surface area contributed by atoms with E-state index in [1.54, 1.807) is 25.4 Å². The lowest BCUT2D eigenvalue weighted by molar-refractivity contribution is 0.0905. The van der Waals surface area contributed by atoms with Gasteiger partial charge >= 0.3 is 0 Å². The highest BCUT2D eigenvalue weighted by atomic mass is 127. The van der Waals surface area contributed by atoms with E-state index in [1.807, 2.05) is 6.92 Å². The second kappa shape index (κ2) is 6.02. The van der Waals surface area contributed by atoms with Crippen molar-refractivity contribution in [3.05, 3.63) is 27.6 Å². The smallest absolute Gasteiger partial charge is 0.251 e. The predicted molar refractivity (Wildman–Crippen MR) is 65.8 cm³/mol. The first-order chi connectivity index (χ1) is 7.13. The molecule has 0 spiro atoms. The summed E-state index contributed by atoms with van der Waals surface area (Å²) in [6, 6.07) is 3.44. The fourth-order valence-corrected chi connectivity index (χ4v) is 1.64. The quantitative estimate of drug-likeness (QED) is 0.675. The van der Waals surface area contributed by atoms with Crippen LogP contribution >= 0.6 is 22.6 Å². The summed E-state index contributed by atoms with van der Waals surface area (Å²) in [5, 5.41) is 2.83. The molecular weight excluding hydrogens is 307 g/mol. The van der Waals surface area contributed by atoms with Crippen molar-refractivity contribution in [3.63, 3.8) is 0 Å². The van der Waals surface area contributed by atoms with Gasteiger partial charge in [-0.1, -0.05) is 0 Å². The topological polar surface area (TPSA) is 51.2 Å². The van der Waals surface area contributed by atoms with E-state index in [0.717, 1.165) is 3.70 Å². The zero-order valence-corrected chi connectivity index (χ0v) is 10.8. The van der Waals surface area contributed by atoms with Crippen molar-refractivity contribution in [1.82, 2.24) is 10.3 Å². The first-order valence-electron chi connectivity index (χ1n) is 4.55. The molecule has 1 unspecified atom stereocenters. The Morgan fingerprint density at radius 3 is 3.07 bits per heavy atom. The number of nitrogens with zero attached hydrogens (tertiary/aromatic N) is 1. The number of hydrogen-bond acceptors (Lipinski definition) is 3. The molecule has 1 amide bonds. The first-order valence-corrected chi connectivity index (χ1v) is 5.62. The summed E-state index contributed by atoms with van der Waals surface area (Å²) in [6.45, 7) is 2.40. The van der Waals surface area contributed by atoms with E-state index >= 15 is 0 Å². The van der Waals surface area contributed by atoms with Crippen molar-refractivity contribution in [2.75, 3.05) is 13.7 Å². The minimum atomic E-state index is -0.0973. The second-order valence-electron chi connectivity index (χ2n) is 3.20. The summed E-state index contributed by atoms with van der Waals surface area (Å²) in [6.07, 6.45) is 1.62. The lowest BCUT2D eigenvalue weighted by atomic mass is 10.2. The molecule has 0 aliphatic heterocycles. The van der Waals surface area contributed by atoms with Gasteiger partial charge in [0, 0.05) is 24.9 Å². The van der Waals surface area contributed by atoms with Gasteiger partial charge in [0.05, 0.1) is 6.61 Å². The lowest BCUT2D eigenvalue weighted by Gasteiger charge is -2.12. The molecule has 0 aliphatic rings. The normalized spacial score (nSPS) is 12.2. The number of amides is 1. The van der Waals surface area contributed by atoms with Crippen LogP contribution in [0, 0.1) is 3.70 Å². The predicted octanol–water partition coefficient (Wildman–Crippen LogP) is 1.45. The first kappa shape index (κ1) is 12.4. The van der Waals surface area contributed by atoms with Crippen LogP contribution in [0.15, 0.2) is 18.3 Å². The van der Waals surface area contributed by atoms with Gasteiger partial charge in [-0.3, -0.25) is 9.78 Å². The Morgan fingerprint density at radius 2 is 2.47 bits per heavy atom. The summed E-state index contributed by atoms with van der Waals surface area (Å²) >= 11 is 2.07. The Bertz CT molecular complexity index is 344. The van der Waals surface area contributed by atoms with Crippen LogP contribution in [0.3, 0.4) is 0 Å². The number of carbonyl (C=O) groups excluding carboxylic acids is 1. The molecule has 15 heavy (non-hydrogen) atoms. The minimum absolute atomic E-state index is 0.00771. The van der Waals surface area contributed by atoms with Crippen LogP contribution in [0.1, 0.15) is 17.3 Å². The average molecular weight is 320 g/mol. The van der Waals surface area contributed by atoms with E-state index in [1.165, 1.54) is 0 Å². The van der Waals surface area contributed by atoms with Crippen molar-refractivity contribution >= 4 is 28.5 Å². The molecule has 0 radical (unpaired) electrons. The minimum Gasteiger partial charge on any atom is -0.383 e. The summed E-state index contributed by atoms with van der Waals surface area (Å²) in [7, 11) is 1.61. The molecule has 82 valence electrons. The fraction of sp³-hybridized carbons (Fsp3) is 0.400. The number of nitrogens with one attached hydrogen (secondary N) is 1. The van der Waals surface area contributed by atoms with E-state index < -0.39 is 0 Å². The van der Waals surface area contributed by atoms with Gasteiger partial charge in [0.2, 0.25) is 0 Å². The molecule has 1 N–H and O–H groups in total. The number of hydrogen-bond donors (Lipinski definition) is 1. The third-order valence-electron chi connectivity index (χ3n) is 1.78. The largest absolute Gasteiger partial charge is 0.383 e. The SMILES string of the molecule is COCC(C)NC(=O)c1ccnc(I)c1. The zero-order chi connectivity index (χ0) is 11.3. The molecule has 1 aromatic heterocycles.